The molecule has 1 saturated carbocycles. The summed E-state index contributed by atoms with van der Waals surface area (Å²) >= 11 is 7.78. The second-order valence-electron chi connectivity index (χ2n) is 5.09. The number of carbonyl (C=O) groups is 1. The molecule has 1 fully saturated rings. The van der Waals surface area contributed by atoms with Crippen molar-refractivity contribution in [3.05, 3.63) is 38.9 Å². The van der Waals surface area contributed by atoms with E-state index in [4.69, 9.17) is 11.6 Å². The molecule has 21 heavy (non-hydrogen) atoms. The van der Waals surface area contributed by atoms with E-state index in [1.165, 1.54) is 24.6 Å². The van der Waals surface area contributed by atoms with Gasteiger partial charge in [0, 0.05) is 17.4 Å². The van der Waals surface area contributed by atoms with Gasteiger partial charge in [-0.1, -0.05) is 24.1 Å². The highest BCUT2D eigenvalue weighted by Crippen LogP contribution is 2.29. The van der Waals surface area contributed by atoms with Crippen LogP contribution in [0.25, 0.3) is 0 Å². The normalized spacial score (nSPS) is 21.8. The molecule has 1 amide bonds. The van der Waals surface area contributed by atoms with E-state index in [1.54, 1.807) is 0 Å². The third-order valence-electron chi connectivity index (χ3n) is 3.71. The molecule has 0 spiro atoms. The number of nitro groups is 1. The highest BCUT2D eigenvalue weighted by atomic mass is 35.5. The highest BCUT2D eigenvalue weighted by Gasteiger charge is 2.25. The fourth-order valence-electron chi connectivity index (χ4n) is 2.59. The molecular weight excluding hydrogens is 312 g/mol. The van der Waals surface area contributed by atoms with E-state index in [9.17, 15) is 14.9 Å². The van der Waals surface area contributed by atoms with Crippen molar-refractivity contribution < 1.29 is 9.72 Å². The molecular formula is C14H17ClN2O3S. The molecule has 1 aliphatic rings. The monoisotopic (exact) mass is 328 g/mol. The average Bonchev–Trinajstić information content (AvgIpc) is 2.47. The molecule has 114 valence electrons. The second kappa shape index (κ2) is 7.13. The lowest BCUT2D eigenvalue weighted by atomic mass is 9.94. The first kappa shape index (κ1) is 16.1. The van der Waals surface area contributed by atoms with E-state index < -0.39 is 4.92 Å². The number of hydrogen-bond acceptors (Lipinski definition) is 4. The molecule has 1 aromatic rings. The summed E-state index contributed by atoms with van der Waals surface area (Å²) in [6.07, 6.45) is 6.20. The van der Waals surface area contributed by atoms with E-state index in [-0.39, 0.29) is 28.2 Å². The number of nitro benzene ring substituents is 1. The van der Waals surface area contributed by atoms with Gasteiger partial charge < -0.3 is 5.32 Å². The lowest BCUT2D eigenvalue weighted by Gasteiger charge is -2.28. The van der Waals surface area contributed by atoms with E-state index >= 15 is 0 Å². The fraction of sp³-hybridized carbons (Fsp3) is 0.500. The molecule has 0 radical (unpaired) electrons. The smallest absolute Gasteiger partial charge is 0.288 e. The Kier molecular flexibility index (Phi) is 5.47. The van der Waals surface area contributed by atoms with Gasteiger partial charge in [0.05, 0.1) is 10.5 Å². The van der Waals surface area contributed by atoms with Crippen LogP contribution in [0.4, 0.5) is 5.69 Å². The van der Waals surface area contributed by atoms with Crippen LogP contribution in [0, 0.1) is 10.1 Å². The highest BCUT2D eigenvalue weighted by molar-refractivity contribution is 7.99. The quantitative estimate of drug-likeness (QED) is 0.676. The summed E-state index contributed by atoms with van der Waals surface area (Å²) in [5.74, 6) is -0.338. The van der Waals surface area contributed by atoms with Gasteiger partial charge in [0.2, 0.25) is 0 Å². The predicted molar refractivity (Wildman–Crippen MR) is 85.1 cm³/mol. The summed E-state index contributed by atoms with van der Waals surface area (Å²) in [6, 6.07) is 4.40. The Morgan fingerprint density at radius 3 is 2.90 bits per heavy atom. The van der Waals surface area contributed by atoms with Gasteiger partial charge in [-0.05, 0) is 31.6 Å². The van der Waals surface area contributed by atoms with Crippen molar-refractivity contribution in [3.8, 4) is 0 Å². The first-order valence-electron chi connectivity index (χ1n) is 6.79. The maximum atomic E-state index is 12.3. The van der Waals surface area contributed by atoms with Gasteiger partial charge in [0.1, 0.15) is 5.02 Å². The molecule has 5 nitrogen and oxygen atoms in total. The predicted octanol–water partition coefficient (Wildman–Crippen LogP) is 3.65. The number of hydrogen-bond donors (Lipinski definition) is 1. The average molecular weight is 329 g/mol. The number of carbonyl (C=O) groups excluding carboxylic acids is 1. The second-order valence-corrected chi connectivity index (χ2v) is 6.61. The molecule has 1 aromatic carbocycles. The molecule has 0 saturated heterocycles. The molecule has 7 heteroatoms. The van der Waals surface area contributed by atoms with Crippen LogP contribution in [0.1, 0.15) is 36.0 Å². The van der Waals surface area contributed by atoms with Crippen LogP contribution in [0.3, 0.4) is 0 Å². The lowest BCUT2D eigenvalue weighted by molar-refractivity contribution is -0.384. The summed E-state index contributed by atoms with van der Waals surface area (Å²) in [7, 11) is 0. The summed E-state index contributed by atoms with van der Waals surface area (Å²) in [5, 5.41) is 14.3. The van der Waals surface area contributed by atoms with Gasteiger partial charge in [-0.15, -0.1) is 0 Å². The Bertz CT molecular complexity index is 553. The van der Waals surface area contributed by atoms with Crippen LogP contribution in [0.2, 0.25) is 5.02 Å². The molecule has 1 N–H and O–H groups in total. The van der Waals surface area contributed by atoms with Crippen molar-refractivity contribution in [3.63, 3.8) is 0 Å². The summed E-state index contributed by atoms with van der Waals surface area (Å²) in [4.78, 5) is 22.6. The van der Waals surface area contributed by atoms with Gasteiger partial charge in [0.15, 0.2) is 0 Å². The number of nitrogens with one attached hydrogen (secondary N) is 1. The van der Waals surface area contributed by atoms with Gasteiger partial charge in [-0.3, -0.25) is 14.9 Å². The zero-order valence-electron chi connectivity index (χ0n) is 11.7. The number of thioether (sulfide) groups is 1. The number of rotatable bonds is 4. The van der Waals surface area contributed by atoms with Crippen LogP contribution in [0.5, 0.6) is 0 Å². The third kappa shape index (κ3) is 3.89. The van der Waals surface area contributed by atoms with E-state index in [0.29, 0.717) is 5.25 Å². The van der Waals surface area contributed by atoms with Crippen LogP contribution < -0.4 is 5.32 Å². The summed E-state index contributed by atoms with van der Waals surface area (Å²) < 4.78 is 0. The van der Waals surface area contributed by atoms with Crippen molar-refractivity contribution in [2.24, 2.45) is 0 Å². The van der Waals surface area contributed by atoms with Crippen molar-refractivity contribution in [1.29, 1.82) is 0 Å². The molecule has 0 heterocycles. The van der Waals surface area contributed by atoms with Crippen molar-refractivity contribution in [1.82, 2.24) is 5.32 Å². The standard InChI is InChI=1S/C14H17ClN2O3S/c1-21-10-5-2-4-9(8-10)16-14(18)11-6-3-7-12(13(11)15)17(19)20/h3,6-7,9-10H,2,4-5,8H2,1H3,(H,16,18). The summed E-state index contributed by atoms with van der Waals surface area (Å²) in [6.45, 7) is 0. The van der Waals surface area contributed by atoms with E-state index in [0.717, 1.165) is 19.3 Å². The maximum Gasteiger partial charge on any atom is 0.288 e. The first-order chi connectivity index (χ1) is 10.0. The number of nitrogens with zero attached hydrogens (tertiary/aromatic N) is 1. The summed E-state index contributed by atoms with van der Waals surface area (Å²) in [5.41, 5.74) is -0.0768. The zero-order valence-corrected chi connectivity index (χ0v) is 13.2. The van der Waals surface area contributed by atoms with Crippen molar-refractivity contribution in [2.75, 3.05) is 6.26 Å². The van der Waals surface area contributed by atoms with Gasteiger partial charge in [-0.2, -0.15) is 11.8 Å². The largest absolute Gasteiger partial charge is 0.349 e. The molecule has 2 rings (SSSR count). The Hall–Kier alpha value is -1.27. The Labute approximate surface area is 132 Å². The Morgan fingerprint density at radius 2 is 2.24 bits per heavy atom. The Morgan fingerprint density at radius 1 is 1.48 bits per heavy atom. The van der Waals surface area contributed by atoms with Gasteiger partial charge in [0.25, 0.3) is 11.6 Å². The molecule has 0 bridgehead atoms. The SMILES string of the molecule is CSC1CCCC(NC(=O)c2cccc([N+](=O)[O-])c2Cl)C1. The molecule has 0 aliphatic heterocycles. The molecule has 2 unspecified atom stereocenters. The number of halogens is 1. The maximum absolute atomic E-state index is 12.3. The number of benzene rings is 1. The van der Waals surface area contributed by atoms with E-state index in [2.05, 4.69) is 11.6 Å². The Balaban J connectivity index is 2.10. The van der Waals surface area contributed by atoms with Gasteiger partial charge >= 0.3 is 0 Å². The van der Waals surface area contributed by atoms with Crippen LogP contribution in [0.15, 0.2) is 18.2 Å². The van der Waals surface area contributed by atoms with Crippen LogP contribution >= 0.6 is 23.4 Å². The topological polar surface area (TPSA) is 72.2 Å². The first-order valence-corrected chi connectivity index (χ1v) is 8.46. The molecule has 0 aromatic heterocycles. The van der Waals surface area contributed by atoms with Crippen LogP contribution in [-0.4, -0.2) is 28.4 Å². The lowest BCUT2D eigenvalue weighted by Crippen LogP contribution is -2.39. The number of amides is 1. The minimum absolute atomic E-state index is 0.0998. The van der Waals surface area contributed by atoms with Crippen LogP contribution in [-0.2, 0) is 0 Å². The molecule has 2 atom stereocenters. The van der Waals surface area contributed by atoms with Gasteiger partial charge in [-0.25, -0.2) is 0 Å². The zero-order chi connectivity index (χ0) is 15.4. The minimum Gasteiger partial charge on any atom is -0.349 e. The minimum atomic E-state index is -0.580. The molecule has 1 aliphatic carbocycles. The van der Waals surface area contributed by atoms with Crippen molar-refractivity contribution in [2.45, 2.75) is 37.0 Å². The fourth-order valence-corrected chi connectivity index (χ4v) is 3.70. The van der Waals surface area contributed by atoms with Crippen molar-refractivity contribution >= 4 is 35.0 Å². The third-order valence-corrected chi connectivity index (χ3v) is 5.21. The van der Waals surface area contributed by atoms with E-state index in [1.807, 2.05) is 11.8 Å².